The zero-order valence-electron chi connectivity index (χ0n) is 45.3. The molecule has 1 N–H and O–H groups in total. The molecular weight excluding hydrogens is 1090 g/mol. The number of aromatic hydroxyl groups is 1. The molecule has 0 bridgehead atoms. The number of fused-ring (bicyclic) bond motifs is 7. The predicted molar refractivity (Wildman–Crippen MR) is 314 cm³/mol. The molecule has 0 aliphatic heterocycles. The summed E-state index contributed by atoms with van der Waals surface area (Å²) in [7, 11) is 0. The minimum atomic E-state index is -0.342. The van der Waals surface area contributed by atoms with Crippen molar-refractivity contribution in [2.24, 2.45) is 0 Å². The molecule has 75 heavy (non-hydrogen) atoms. The molecule has 0 radical (unpaired) electrons. The number of phenols is 1. The monoisotopic (exact) mass is 1160 g/mol. The van der Waals surface area contributed by atoms with Gasteiger partial charge in [0.2, 0.25) is 0 Å². The normalized spacial score (nSPS) is 12.5. The van der Waals surface area contributed by atoms with Gasteiger partial charge in [-0.25, -0.2) is 4.98 Å². The first-order valence-electron chi connectivity index (χ1n) is 26.1. The number of phenolic OH excluding ortho intramolecular Hbond substituents is 1. The maximum atomic E-state index is 12.7. The Labute approximate surface area is 457 Å². The number of pyridine rings is 1. The van der Waals surface area contributed by atoms with Crippen LogP contribution in [0, 0.1) is 6.07 Å². The summed E-state index contributed by atoms with van der Waals surface area (Å²) in [6.07, 6.45) is 1.94. The summed E-state index contributed by atoms with van der Waals surface area (Å²) in [4.78, 5) is 10.8. The number of para-hydroxylation sites is 1. The zero-order chi connectivity index (χ0) is 52.1. The van der Waals surface area contributed by atoms with Crippen molar-refractivity contribution in [3.05, 3.63) is 204 Å². The topological polar surface area (TPSA) is 50.9 Å². The Kier molecular flexibility index (Phi) is 12.9. The van der Waals surface area contributed by atoms with Crippen molar-refractivity contribution in [3.63, 3.8) is 0 Å². The van der Waals surface area contributed by atoms with Crippen molar-refractivity contribution in [1.29, 1.82) is 0 Å². The van der Waals surface area contributed by atoms with E-state index >= 15 is 0 Å². The van der Waals surface area contributed by atoms with Crippen LogP contribution in [0.3, 0.4) is 0 Å². The molecule has 0 unspecified atom stereocenters. The summed E-state index contributed by atoms with van der Waals surface area (Å²) >= 11 is 0. The molecule has 0 amide bonds. The van der Waals surface area contributed by atoms with Crippen LogP contribution in [-0.4, -0.2) is 19.6 Å². The number of hydrogen-bond donors (Lipinski definition) is 1. The van der Waals surface area contributed by atoms with E-state index < -0.39 is 0 Å². The van der Waals surface area contributed by atoms with Crippen molar-refractivity contribution in [1.82, 2.24) is 14.5 Å². The van der Waals surface area contributed by atoms with Crippen LogP contribution < -0.4 is 0 Å². The van der Waals surface area contributed by atoms with Crippen LogP contribution in [-0.2, 0) is 42.7 Å². The number of aromatic nitrogens is 3. The van der Waals surface area contributed by atoms with E-state index in [0.29, 0.717) is 11.4 Å². The number of benzene rings is 9. The molecule has 0 saturated carbocycles. The van der Waals surface area contributed by atoms with Gasteiger partial charge >= 0.3 is 0 Å². The molecule has 0 aliphatic carbocycles. The van der Waals surface area contributed by atoms with Gasteiger partial charge in [-0.1, -0.05) is 222 Å². The van der Waals surface area contributed by atoms with Gasteiger partial charge in [-0.2, -0.15) is 0 Å². The number of nitrogens with zero attached hydrogens (tertiary/aromatic N) is 3. The SMILES string of the molecule is CC(C)(C)c1cc(-c2cc(-c3cccc4c5ccccc5c5ccccc5c34)ccn2)[c-]c(-c2cccc3c2nc(-c2cc(C(C)(C)C)cc(C(C)(C)C)c2O)n3-c2ccc(C(C)(C)C)cc2-c2ccccc2)c1.[Pt]. The summed E-state index contributed by atoms with van der Waals surface area (Å²) < 4.78 is 2.29. The van der Waals surface area contributed by atoms with E-state index in [4.69, 9.17) is 9.97 Å². The molecule has 378 valence electrons. The Balaban J connectivity index is 0.00000641. The number of rotatable bonds is 6. The standard InChI is InChI=1S/C70H66N3O.Pt/c1-67(2,3)47-32-33-61(57(40-47)43-22-14-13-15-23-43)73-62-31-21-29-51(64(62)72-66(73)58-41-49(69(7,8)9)42-59(65(58)74)70(10,11)12)45-36-46(38-48(37-45)68(4,5)6)60-39-44(34-35-71-60)50-28-20-30-56-54-25-17-16-24-52(54)53-26-18-19-27-55(53)63(50)56;/h13-35,37-42,74H,1-12H3;/q-1;. The van der Waals surface area contributed by atoms with Gasteiger partial charge in [0.15, 0.2) is 0 Å². The first kappa shape index (κ1) is 51.4. The third kappa shape index (κ3) is 9.31. The van der Waals surface area contributed by atoms with E-state index in [9.17, 15) is 5.11 Å². The summed E-state index contributed by atoms with van der Waals surface area (Å²) in [6, 6.07) is 65.4. The van der Waals surface area contributed by atoms with Crippen molar-refractivity contribution >= 4 is 43.4 Å². The maximum absolute atomic E-state index is 12.7. The molecule has 0 aliphatic rings. The van der Waals surface area contributed by atoms with E-state index in [1.165, 1.54) is 49.0 Å². The third-order valence-corrected chi connectivity index (χ3v) is 15.0. The van der Waals surface area contributed by atoms with Gasteiger partial charge in [0.05, 0.1) is 22.3 Å². The average Bonchev–Trinajstić information content (AvgIpc) is 3.79. The quantitative estimate of drug-likeness (QED) is 0.133. The van der Waals surface area contributed by atoms with Gasteiger partial charge in [-0.3, -0.25) is 9.55 Å². The Morgan fingerprint density at radius 2 is 0.987 bits per heavy atom. The zero-order valence-corrected chi connectivity index (χ0v) is 47.6. The molecule has 2 heterocycles. The fourth-order valence-corrected chi connectivity index (χ4v) is 10.8. The Bertz CT molecular complexity index is 3960. The van der Waals surface area contributed by atoms with Crippen LogP contribution in [0.2, 0.25) is 0 Å². The largest absolute Gasteiger partial charge is 0.507 e. The Morgan fingerprint density at radius 3 is 1.63 bits per heavy atom. The van der Waals surface area contributed by atoms with E-state index in [0.717, 1.165) is 66.9 Å². The molecule has 0 saturated heterocycles. The molecule has 11 aromatic rings. The van der Waals surface area contributed by atoms with Crippen LogP contribution >= 0.6 is 0 Å². The molecule has 0 fully saturated rings. The molecule has 0 spiro atoms. The minimum Gasteiger partial charge on any atom is -0.507 e. The van der Waals surface area contributed by atoms with Crippen molar-refractivity contribution in [2.75, 3.05) is 0 Å². The van der Waals surface area contributed by atoms with E-state index in [-0.39, 0.29) is 48.5 Å². The van der Waals surface area contributed by atoms with Crippen LogP contribution in [0.25, 0.3) is 105 Å². The van der Waals surface area contributed by atoms with Gasteiger partial charge < -0.3 is 5.11 Å². The smallest absolute Gasteiger partial charge is 0.148 e. The van der Waals surface area contributed by atoms with Crippen LogP contribution in [0.15, 0.2) is 176 Å². The predicted octanol–water partition coefficient (Wildman–Crippen LogP) is 18.9. The van der Waals surface area contributed by atoms with Crippen molar-refractivity contribution in [3.8, 4) is 67.5 Å². The Hall–Kier alpha value is -7.13. The maximum Gasteiger partial charge on any atom is 0.148 e. The number of imidazole rings is 1. The second-order valence-corrected chi connectivity index (χ2v) is 24.4. The average molecular weight is 1160 g/mol. The first-order chi connectivity index (χ1) is 35.1. The van der Waals surface area contributed by atoms with Crippen molar-refractivity contribution in [2.45, 2.75) is 105 Å². The molecule has 5 heteroatoms. The third-order valence-electron chi connectivity index (χ3n) is 15.0. The minimum absolute atomic E-state index is 0. The van der Waals surface area contributed by atoms with Crippen LogP contribution in [0.1, 0.15) is 105 Å². The van der Waals surface area contributed by atoms with Gasteiger partial charge in [-0.15, -0.1) is 29.3 Å². The molecule has 11 rings (SSSR count). The first-order valence-corrected chi connectivity index (χ1v) is 26.1. The van der Waals surface area contributed by atoms with Crippen LogP contribution in [0.4, 0.5) is 0 Å². The summed E-state index contributed by atoms with van der Waals surface area (Å²) in [6.45, 7) is 26.8. The Morgan fingerprint density at radius 1 is 0.440 bits per heavy atom. The summed E-state index contributed by atoms with van der Waals surface area (Å²) in [5.74, 6) is 0.928. The fourth-order valence-electron chi connectivity index (χ4n) is 10.8. The summed E-state index contributed by atoms with van der Waals surface area (Å²) in [5.41, 5.74) is 15.1. The molecular formula is C70H66N3OPt-. The molecule has 9 aromatic carbocycles. The molecule has 4 nitrogen and oxygen atoms in total. The van der Waals surface area contributed by atoms with Gasteiger partial charge in [0.1, 0.15) is 11.6 Å². The summed E-state index contributed by atoms with van der Waals surface area (Å²) in [5, 5.41) is 20.1. The second-order valence-electron chi connectivity index (χ2n) is 24.4. The second kappa shape index (κ2) is 18.9. The van der Waals surface area contributed by atoms with Gasteiger partial charge in [0.25, 0.3) is 0 Å². The van der Waals surface area contributed by atoms with Gasteiger partial charge in [-0.05, 0) is 112 Å². The van der Waals surface area contributed by atoms with Gasteiger partial charge in [0, 0.05) is 44.1 Å². The fraction of sp³-hybridized carbons (Fsp3) is 0.229. The van der Waals surface area contributed by atoms with Crippen molar-refractivity contribution < 1.29 is 26.2 Å². The van der Waals surface area contributed by atoms with E-state index in [1.807, 2.05) is 6.20 Å². The molecule has 2 aromatic heterocycles. The number of hydrogen-bond acceptors (Lipinski definition) is 3. The van der Waals surface area contributed by atoms with E-state index in [2.05, 4.69) is 264 Å². The van der Waals surface area contributed by atoms with E-state index in [1.54, 1.807) is 0 Å². The molecule has 0 atom stereocenters. The van der Waals surface area contributed by atoms with Crippen LogP contribution in [0.5, 0.6) is 5.75 Å².